The Kier molecular flexibility index (Phi) is 3.29. The molecule has 3 rings (SSSR count). The topological polar surface area (TPSA) is 30.7 Å². The summed E-state index contributed by atoms with van der Waals surface area (Å²) in [5, 5.41) is 4.59. The number of pyridine rings is 1. The molecule has 0 radical (unpaired) electrons. The fraction of sp³-hybridized carbons (Fsp3) is 0.125. The van der Waals surface area contributed by atoms with Crippen LogP contribution in [0.15, 0.2) is 54.9 Å². The van der Waals surface area contributed by atoms with Crippen LogP contribution < -0.4 is 0 Å². The molecule has 20 heavy (non-hydrogen) atoms. The second-order valence-electron chi connectivity index (χ2n) is 4.69. The molecule has 0 saturated carbocycles. The van der Waals surface area contributed by atoms with Crippen LogP contribution in [0, 0.1) is 12.7 Å². The zero-order chi connectivity index (χ0) is 13.9. The van der Waals surface area contributed by atoms with E-state index in [1.54, 1.807) is 24.5 Å². The van der Waals surface area contributed by atoms with E-state index < -0.39 is 0 Å². The highest BCUT2D eigenvalue weighted by Crippen LogP contribution is 2.18. The quantitative estimate of drug-likeness (QED) is 0.727. The van der Waals surface area contributed by atoms with Crippen molar-refractivity contribution >= 4 is 0 Å². The molecule has 1 aromatic carbocycles. The molecule has 0 bridgehead atoms. The lowest BCUT2D eigenvalue weighted by Crippen LogP contribution is -2.03. The molecule has 0 amide bonds. The molecule has 0 aliphatic carbocycles. The van der Waals surface area contributed by atoms with Crippen LogP contribution in [-0.4, -0.2) is 14.8 Å². The van der Waals surface area contributed by atoms with E-state index in [9.17, 15) is 4.39 Å². The van der Waals surface area contributed by atoms with Crippen molar-refractivity contribution in [3.63, 3.8) is 0 Å². The molecule has 2 aromatic heterocycles. The maximum Gasteiger partial charge on any atom is 0.123 e. The Hall–Kier alpha value is -2.49. The molecule has 100 valence electrons. The Morgan fingerprint density at radius 3 is 2.45 bits per heavy atom. The van der Waals surface area contributed by atoms with Gasteiger partial charge in [0, 0.05) is 23.7 Å². The van der Waals surface area contributed by atoms with Crippen molar-refractivity contribution in [2.45, 2.75) is 13.5 Å². The fourth-order valence-corrected chi connectivity index (χ4v) is 2.10. The van der Waals surface area contributed by atoms with Crippen molar-refractivity contribution in [1.82, 2.24) is 14.8 Å². The highest BCUT2D eigenvalue weighted by Gasteiger charge is 2.06. The molecular weight excluding hydrogens is 253 g/mol. The summed E-state index contributed by atoms with van der Waals surface area (Å²) < 4.78 is 14.8. The Morgan fingerprint density at radius 2 is 1.75 bits per heavy atom. The third-order valence-electron chi connectivity index (χ3n) is 3.20. The lowest BCUT2D eigenvalue weighted by atomic mass is 10.2. The molecule has 0 spiro atoms. The largest absolute Gasteiger partial charge is 0.265 e. The summed E-state index contributed by atoms with van der Waals surface area (Å²) in [7, 11) is 0. The third kappa shape index (κ3) is 2.59. The smallest absolute Gasteiger partial charge is 0.123 e. The summed E-state index contributed by atoms with van der Waals surface area (Å²) in [6.45, 7) is 2.65. The van der Waals surface area contributed by atoms with Gasteiger partial charge < -0.3 is 0 Å². The second kappa shape index (κ2) is 5.25. The Labute approximate surface area is 116 Å². The highest BCUT2D eigenvalue weighted by molar-refractivity contribution is 5.58. The van der Waals surface area contributed by atoms with Gasteiger partial charge in [0.2, 0.25) is 0 Å². The van der Waals surface area contributed by atoms with Crippen LogP contribution in [0.5, 0.6) is 0 Å². The van der Waals surface area contributed by atoms with Gasteiger partial charge in [-0.1, -0.05) is 12.1 Å². The van der Waals surface area contributed by atoms with Crippen molar-refractivity contribution in [3.05, 3.63) is 71.9 Å². The SMILES string of the molecule is Cc1cc(-c2ccncc2)nn1Cc1ccc(F)cc1. The number of hydrogen-bond donors (Lipinski definition) is 0. The van der Waals surface area contributed by atoms with Gasteiger partial charge in [-0.2, -0.15) is 5.10 Å². The van der Waals surface area contributed by atoms with Gasteiger partial charge in [0.25, 0.3) is 0 Å². The van der Waals surface area contributed by atoms with E-state index in [1.165, 1.54) is 12.1 Å². The molecule has 4 heteroatoms. The molecule has 0 unspecified atom stereocenters. The zero-order valence-electron chi connectivity index (χ0n) is 11.1. The minimum atomic E-state index is -0.219. The molecule has 3 nitrogen and oxygen atoms in total. The summed E-state index contributed by atoms with van der Waals surface area (Å²) >= 11 is 0. The van der Waals surface area contributed by atoms with E-state index in [2.05, 4.69) is 10.1 Å². The van der Waals surface area contributed by atoms with E-state index in [0.29, 0.717) is 6.54 Å². The summed E-state index contributed by atoms with van der Waals surface area (Å²) in [6.07, 6.45) is 3.51. The van der Waals surface area contributed by atoms with Gasteiger partial charge in [-0.25, -0.2) is 4.39 Å². The van der Waals surface area contributed by atoms with Crippen LogP contribution in [-0.2, 0) is 6.54 Å². The van der Waals surface area contributed by atoms with Gasteiger partial charge >= 0.3 is 0 Å². The number of rotatable bonds is 3. The number of benzene rings is 1. The first-order valence-electron chi connectivity index (χ1n) is 6.42. The van der Waals surface area contributed by atoms with Crippen molar-refractivity contribution in [1.29, 1.82) is 0 Å². The third-order valence-corrected chi connectivity index (χ3v) is 3.20. The number of halogens is 1. The molecule has 0 aliphatic heterocycles. The van der Waals surface area contributed by atoms with Gasteiger partial charge in [0.05, 0.1) is 12.2 Å². The standard InChI is InChI=1S/C16H14FN3/c1-12-10-16(14-6-8-18-9-7-14)19-20(12)11-13-2-4-15(17)5-3-13/h2-10H,11H2,1H3. The number of aromatic nitrogens is 3. The van der Waals surface area contributed by atoms with Crippen LogP contribution in [0.1, 0.15) is 11.3 Å². The molecule has 0 N–H and O–H groups in total. The van der Waals surface area contributed by atoms with E-state index in [4.69, 9.17) is 0 Å². The van der Waals surface area contributed by atoms with Crippen LogP contribution in [0.2, 0.25) is 0 Å². The summed E-state index contributed by atoms with van der Waals surface area (Å²) in [4.78, 5) is 4.01. The summed E-state index contributed by atoms with van der Waals surface area (Å²) in [6, 6.07) is 12.4. The normalized spacial score (nSPS) is 10.7. The Bertz CT molecular complexity index is 702. The fourth-order valence-electron chi connectivity index (χ4n) is 2.10. The number of nitrogens with zero attached hydrogens (tertiary/aromatic N) is 3. The van der Waals surface area contributed by atoms with Crippen LogP contribution in [0.4, 0.5) is 4.39 Å². The van der Waals surface area contributed by atoms with Crippen molar-refractivity contribution in [2.75, 3.05) is 0 Å². The summed E-state index contributed by atoms with van der Waals surface area (Å²) in [5.41, 5.74) is 4.06. The molecule has 0 aliphatic rings. The molecular formula is C16H14FN3. The number of hydrogen-bond acceptors (Lipinski definition) is 2. The average molecular weight is 267 g/mol. The molecule has 2 heterocycles. The van der Waals surface area contributed by atoms with Crippen molar-refractivity contribution < 1.29 is 4.39 Å². The minimum absolute atomic E-state index is 0.219. The second-order valence-corrected chi connectivity index (χ2v) is 4.69. The predicted molar refractivity (Wildman–Crippen MR) is 75.7 cm³/mol. The van der Waals surface area contributed by atoms with E-state index in [1.807, 2.05) is 29.8 Å². The molecule has 0 saturated heterocycles. The van der Waals surface area contributed by atoms with Crippen molar-refractivity contribution in [2.24, 2.45) is 0 Å². The van der Waals surface area contributed by atoms with Gasteiger partial charge in [-0.05, 0) is 42.8 Å². The van der Waals surface area contributed by atoms with Gasteiger partial charge in [-0.3, -0.25) is 9.67 Å². The van der Waals surface area contributed by atoms with E-state index in [0.717, 1.165) is 22.5 Å². The molecule has 0 fully saturated rings. The zero-order valence-corrected chi connectivity index (χ0v) is 11.1. The van der Waals surface area contributed by atoms with E-state index >= 15 is 0 Å². The van der Waals surface area contributed by atoms with Crippen LogP contribution in [0.25, 0.3) is 11.3 Å². The predicted octanol–water partition coefficient (Wildman–Crippen LogP) is 3.44. The van der Waals surface area contributed by atoms with E-state index in [-0.39, 0.29) is 5.82 Å². The van der Waals surface area contributed by atoms with Crippen LogP contribution >= 0.6 is 0 Å². The minimum Gasteiger partial charge on any atom is -0.265 e. The van der Waals surface area contributed by atoms with Gasteiger partial charge in [0.1, 0.15) is 5.82 Å². The first-order valence-corrected chi connectivity index (χ1v) is 6.42. The first-order chi connectivity index (χ1) is 9.72. The lowest BCUT2D eigenvalue weighted by molar-refractivity contribution is 0.623. The maximum absolute atomic E-state index is 12.9. The highest BCUT2D eigenvalue weighted by atomic mass is 19.1. The van der Waals surface area contributed by atoms with Crippen molar-refractivity contribution in [3.8, 4) is 11.3 Å². The summed E-state index contributed by atoms with van der Waals surface area (Å²) in [5.74, 6) is -0.219. The first kappa shape index (κ1) is 12.5. The number of aryl methyl sites for hydroxylation is 1. The maximum atomic E-state index is 12.9. The molecule has 3 aromatic rings. The molecule has 0 atom stereocenters. The van der Waals surface area contributed by atoms with Gasteiger partial charge in [-0.15, -0.1) is 0 Å². The Balaban J connectivity index is 1.88. The van der Waals surface area contributed by atoms with Crippen LogP contribution in [0.3, 0.4) is 0 Å². The lowest BCUT2D eigenvalue weighted by Gasteiger charge is -2.04. The van der Waals surface area contributed by atoms with Gasteiger partial charge in [0.15, 0.2) is 0 Å². The average Bonchev–Trinajstić information content (AvgIpc) is 2.84. The Morgan fingerprint density at radius 1 is 1.05 bits per heavy atom. The monoisotopic (exact) mass is 267 g/mol.